The number of aromatic nitrogens is 5. The second kappa shape index (κ2) is 5.77. The van der Waals surface area contributed by atoms with E-state index in [1.807, 2.05) is 4.90 Å². The van der Waals surface area contributed by atoms with E-state index in [1.54, 1.807) is 19.4 Å². The van der Waals surface area contributed by atoms with Crippen LogP contribution in [0.2, 0.25) is 0 Å². The molecule has 2 aromatic heterocycles. The summed E-state index contributed by atoms with van der Waals surface area (Å²) < 4.78 is 5.09. The maximum Gasteiger partial charge on any atom is 0.271 e. The minimum atomic E-state index is 0.00306. The molecule has 1 aliphatic carbocycles. The van der Waals surface area contributed by atoms with E-state index in [2.05, 4.69) is 25.4 Å². The van der Waals surface area contributed by atoms with Crippen molar-refractivity contribution in [2.24, 2.45) is 11.8 Å². The number of ether oxygens (including phenoxy) is 1. The first-order valence-electron chi connectivity index (χ1n) is 7.95. The number of hydrogen-bond acceptors (Lipinski definition) is 5. The molecule has 122 valence electrons. The van der Waals surface area contributed by atoms with Crippen molar-refractivity contribution < 1.29 is 9.53 Å². The van der Waals surface area contributed by atoms with Gasteiger partial charge in [-0.25, -0.2) is 4.98 Å². The number of carbonyl (C=O) groups is 1. The normalized spacial score (nSPS) is 24.3. The lowest BCUT2D eigenvalue weighted by molar-refractivity contribution is 0.0779. The fourth-order valence-electron chi connectivity index (χ4n) is 3.49. The van der Waals surface area contributed by atoms with Gasteiger partial charge >= 0.3 is 0 Å². The molecule has 0 bridgehead atoms. The Labute approximate surface area is 133 Å². The van der Waals surface area contributed by atoms with Crippen molar-refractivity contribution in [2.75, 3.05) is 20.2 Å². The largest absolute Gasteiger partial charge is 0.377 e. The number of aromatic amines is 2. The van der Waals surface area contributed by atoms with Crippen molar-refractivity contribution >= 4 is 5.91 Å². The number of hydrogen-bond donors (Lipinski definition) is 2. The van der Waals surface area contributed by atoms with Crippen LogP contribution in [0.4, 0.5) is 0 Å². The fraction of sp³-hybridized carbons (Fsp3) is 0.600. The smallest absolute Gasteiger partial charge is 0.271 e. The summed E-state index contributed by atoms with van der Waals surface area (Å²) >= 11 is 0. The zero-order valence-corrected chi connectivity index (χ0v) is 13.0. The summed E-state index contributed by atoms with van der Waals surface area (Å²) in [6, 6.07) is 1.71. The third-order valence-corrected chi connectivity index (χ3v) is 4.77. The highest BCUT2D eigenvalue weighted by Gasteiger charge is 2.46. The van der Waals surface area contributed by atoms with Crippen molar-refractivity contribution in [2.45, 2.75) is 25.4 Å². The number of nitrogens with one attached hydrogen (secondary N) is 2. The number of rotatable bonds is 5. The van der Waals surface area contributed by atoms with Crippen LogP contribution in [0.3, 0.4) is 0 Å². The number of H-pyrrole nitrogens is 2. The Balaban J connectivity index is 1.54. The van der Waals surface area contributed by atoms with Crippen molar-refractivity contribution in [3.63, 3.8) is 0 Å². The van der Waals surface area contributed by atoms with Gasteiger partial charge in [0, 0.05) is 32.3 Å². The lowest BCUT2D eigenvalue weighted by atomic mass is 9.91. The fourth-order valence-corrected chi connectivity index (χ4v) is 3.49. The molecule has 0 spiro atoms. The summed E-state index contributed by atoms with van der Waals surface area (Å²) in [7, 11) is 1.63. The first kappa shape index (κ1) is 14.4. The molecule has 1 saturated carbocycles. The molecule has 2 fully saturated rings. The monoisotopic (exact) mass is 316 g/mol. The Morgan fingerprint density at radius 2 is 2.26 bits per heavy atom. The van der Waals surface area contributed by atoms with E-state index in [9.17, 15) is 4.79 Å². The molecule has 0 aromatic carbocycles. The van der Waals surface area contributed by atoms with Crippen molar-refractivity contribution in [3.8, 4) is 0 Å². The van der Waals surface area contributed by atoms with E-state index in [0.717, 1.165) is 18.2 Å². The SMILES string of the molecule is COCc1nc([C@H]2CN(C(=O)c3ccn[nH]3)C[C@@H]2C2CC2)n[nH]1. The standard InChI is InChI=1S/C15H20N6O2/c1-23-8-13-17-14(20-19-13)11-7-21(6-10(11)9-2-3-9)15(22)12-4-5-16-18-12/h4-5,9-11H,2-3,6-8H2,1H3,(H,16,18)(H,17,19,20)/t10-,11+/m1/s1. The van der Waals surface area contributed by atoms with Crippen molar-refractivity contribution in [1.29, 1.82) is 0 Å². The predicted octanol–water partition coefficient (Wildman–Crippen LogP) is 0.940. The molecule has 2 aromatic rings. The van der Waals surface area contributed by atoms with Gasteiger partial charge in [-0.2, -0.15) is 10.2 Å². The summed E-state index contributed by atoms with van der Waals surface area (Å²) in [5, 5.41) is 13.9. The second-order valence-electron chi connectivity index (χ2n) is 6.36. The van der Waals surface area contributed by atoms with E-state index in [1.165, 1.54) is 12.8 Å². The zero-order valence-electron chi connectivity index (χ0n) is 13.0. The van der Waals surface area contributed by atoms with Crippen LogP contribution in [0.25, 0.3) is 0 Å². The van der Waals surface area contributed by atoms with E-state index in [4.69, 9.17) is 4.74 Å². The molecule has 2 aliphatic rings. The van der Waals surface area contributed by atoms with Gasteiger partial charge in [0.05, 0.1) is 0 Å². The first-order chi connectivity index (χ1) is 11.3. The van der Waals surface area contributed by atoms with E-state index in [0.29, 0.717) is 30.7 Å². The van der Waals surface area contributed by atoms with Gasteiger partial charge in [-0.05, 0) is 30.7 Å². The van der Waals surface area contributed by atoms with Gasteiger partial charge in [-0.3, -0.25) is 15.0 Å². The lowest BCUT2D eigenvalue weighted by Gasteiger charge is -2.14. The predicted molar refractivity (Wildman–Crippen MR) is 80.5 cm³/mol. The van der Waals surface area contributed by atoms with Crippen LogP contribution >= 0.6 is 0 Å². The van der Waals surface area contributed by atoms with Gasteiger partial charge in [-0.15, -0.1) is 0 Å². The first-order valence-corrected chi connectivity index (χ1v) is 7.95. The van der Waals surface area contributed by atoms with Gasteiger partial charge < -0.3 is 9.64 Å². The van der Waals surface area contributed by atoms with Crippen LogP contribution in [0.1, 0.15) is 40.9 Å². The van der Waals surface area contributed by atoms with E-state index >= 15 is 0 Å². The Morgan fingerprint density at radius 1 is 1.39 bits per heavy atom. The van der Waals surface area contributed by atoms with Gasteiger partial charge in [-0.1, -0.05) is 0 Å². The summed E-state index contributed by atoms with van der Waals surface area (Å²) in [6.45, 7) is 1.84. The molecule has 1 amide bonds. The molecule has 4 rings (SSSR count). The minimum absolute atomic E-state index is 0.00306. The van der Waals surface area contributed by atoms with Crippen molar-refractivity contribution in [1.82, 2.24) is 30.3 Å². The molecule has 2 N–H and O–H groups in total. The minimum Gasteiger partial charge on any atom is -0.377 e. The molecule has 23 heavy (non-hydrogen) atoms. The molecule has 2 atom stereocenters. The summed E-state index contributed by atoms with van der Waals surface area (Å²) in [4.78, 5) is 19.0. The quantitative estimate of drug-likeness (QED) is 0.855. The highest BCUT2D eigenvalue weighted by Crippen LogP contribution is 2.47. The molecule has 8 heteroatoms. The highest BCUT2D eigenvalue weighted by molar-refractivity contribution is 5.92. The van der Waals surface area contributed by atoms with Crippen LogP contribution < -0.4 is 0 Å². The van der Waals surface area contributed by atoms with Crippen LogP contribution in [-0.4, -0.2) is 56.4 Å². The number of likely N-dealkylation sites (tertiary alicyclic amines) is 1. The average Bonchev–Trinajstić information content (AvgIpc) is 3.01. The molecule has 0 radical (unpaired) electrons. The second-order valence-corrected chi connectivity index (χ2v) is 6.36. The molecule has 0 unspecified atom stereocenters. The van der Waals surface area contributed by atoms with E-state index in [-0.39, 0.29) is 11.8 Å². The van der Waals surface area contributed by atoms with Gasteiger partial charge in [0.1, 0.15) is 12.3 Å². The van der Waals surface area contributed by atoms with Crippen LogP contribution in [0.5, 0.6) is 0 Å². The Kier molecular flexibility index (Phi) is 3.60. The molecule has 8 nitrogen and oxygen atoms in total. The Morgan fingerprint density at radius 3 is 2.96 bits per heavy atom. The topological polar surface area (TPSA) is 99.8 Å². The summed E-state index contributed by atoms with van der Waals surface area (Å²) in [5.41, 5.74) is 0.537. The van der Waals surface area contributed by atoms with Gasteiger partial charge in [0.2, 0.25) is 0 Å². The van der Waals surface area contributed by atoms with Crippen LogP contribution in [0, 0.1) is 11.8 Å². The summed E-state index contributed by atoms with van der Waals surface area (Å²) in [5.74, 6) is 2.85. The molecular weight excluding hydrogens is 296 g/mol. The number of carbonyl (C=O) groups excluding carboxylic acids is 1. The van der Waals surface area contributed by atoms with E-state index < -0.39 is 0 Å². The van der Waals surface area contributed by atoms with Gasteiger partial charge in [0.15, 0.2) is 11.6 Å². The van der Waals surface area contributed by atoms with Crippen LogP contribution in [0.15, 0.2) is 12.3 Å². The van der Waals surface area contributed by atoms with Crippen LogP contribution in [-0.2, 0) is 11.3 Å². The molecule has 1 aliphatic heterocycles. The number of methoxy groups -OCH3 is 1. The Hall–Kier alpha value is -2.22. The number of nitrogens with zero attached hydrogens (tertiary/aromatic N) is 4. The van der Waals surface area contributed by atoms with Gasteiger partial charge in [0.25, 0.3) is 5.91 Å². The average molecular weight is 316 g/mol. The third-order valence-electron chi connectivity index (χ3n) is 4.77. The molecule has 3 heterocycles. The molecular formula is C15H20N6O2. The van der Waals surface area contributed by atoms with Crippen molar-refractivity contribution in [3.05, 3.63) is 29.6 Å². The molecule has 1 saturated heterocycles. The summed E-state index contributed by atoms with van der Waals surface area (Å²) in [6.07, 6.45) is 4.08. The maximum atomic E-state index is 12.6. The Bertz CT molecular complexity index is 678. The highest BCUT2D eigenvalue weighted by atomic mass is 16.5. The lowest BCUT2D eigenvalue weighted by Crippen LogP contribution is -2.29. The number of amides is 1. The maximum absolute atomic E-state index is 12.6. The third kappa shape index (κ3) is 2.74. The zero-order chi connectivity index (χ0) is 15.8.